The molecule has 0 spiro atoms. The molecular formula is C26H26N6O. The molecule has 1 aliphatic heterocycles. The van der Waals surface area contributed by atoms with E-state index in [0.717, 1.165) is 31.6 Å². The Hall–Kier alpha value is -3.89. The van der Waals surface area contributed by atoms with Crippen LogP contribution in [0.4, 0.5) is 5.82 Å². The number of rotatable bonds is 5. The predicted molar refractivity (Wildman–Crippen MR) is 130 cm³/mol. The van der Waals surface area contributed by atoms with Crippen molar-refractivity contribution in [2.45, 2.75) is 25.8 Å². The van der Waals surface area contributed by atoms with Crippen LogP contribution in [0.3, 0.4) is 0 Å². The van der Waals surface area contributed by atoms with Crippen molar-refractivity contribution >= 4 is 17.0 Å². The highest BCUT2D eigenvalue weighted by Gasteiger charge is 2.29. The van der Waals surface area contributed by atoms with Crippen molar-refractivity contribution in [2.24, 2.45) is 0 Å². The molecule has 0 aliphatic carbocycles. The number of nitrogens with two attached hydrogens (primary N) is 1. The normalized spacial score (nSPS) is 16.1. The van der Waals surface area contributed by atoms with Crippen LogP contribution >= 0.6 is 0 Å². The second-order valence-electron chi connectivity index (χ2n) is 8.35. The van der Waals surface area contributed by atoms with Gasteiger partial charge in [-0.2, -0.15) is 0 Å². The van der Waals surface area contributed by atoms with Crippen molar-refractivity contribution < 1.29 is 0 Å². The molecule has 0 unspecified atom stereocenters. The number of likely N-dealkylation sites (tertiary alicyclic amines) is 1. The third-order valence-electron chi connectivity index (χ3n) is 6.22. The van der Waals surface area contributed by atoms with Gasteiger partial charge in [-0.25, -0.2) is 14.8 Å². The average molecular weight is 439 g/mol. The SMILES string of the molecule is CC#CCN1CC[C@@H](n2c(=O)n(-c3ccc(Cc4ccccc4)cc3)c3c(N)ncnc32)C1. The van der Waals surface area contributed by atoms with Gasteiger partial charge < -0.3 is 5.73 Å². The number of fused-ring (bicyclic) bond motifs is 1. The summed E-state index contributed by atoms with van der Waals surface area (Å²) in [6.07, 6.45) is 3.13. The Morgan fingerprint density at radius 2 is 1.82 bits per heavy atom. The molecular weight excluding hydrogens is 412 g/mol. The lowest BCUT2D eigenvalue weighted by atomic mass is 10.0. The monoisotopic (exact) mass is 438 g/mol. The van der Waals surface area contributed by atoms with Crippen LogP contribution in [-0.2, 0) is 6.42 Å². The minimum absolute atomic E-state index is 0.0200. The zero-order chi connectivity index (χ0) is 22.8. The molecule has 7 nitrogen and oxygen atoms in total. The van der Waals surface area contributed by atoms with E-state index in [9.17, 15) is 4.79 Å². The van der Waals surface area contributed by atoms with Gasteiger partial charge in [0.1, 0.15) is 11.8 Å². The molecule has 166 valence electrons. The summed E-state index contributed by atoms with van der Waals surface area (Å²) in [5.74, 6) is 6.36. The number of anilines is 1. The predicted octanol–water partition coefficient (Wildman–Crippen LogP) is 3.03. The molecule has 1 atom stereocenters. The van der Waals surface area contributed by atoms with Crippen molar-refractivity contribution in [1.29, 1.82) is 0 Å². The Morgan fingerprint density at radius 1 is 1.06 bits per heavy atom. The van der Waals surface area contributed by atoms with E-state index in [4.69, 9.17) is 5.73 Å². The Labute approximate surface area is 192 Å². The van der Waals surface area contributed by atoms with Crippen molar-refractivity contribution in [3.05, 3.63) is 82.5 Å². The number of nitrogens with zero attached hydrogens (tertiary/aromatic N) is 5. The van der Waals surface area contributed by atoms with Crippen LogP contribution in [0.1, 0.15) is 30.5 Å². The van der Waals surface area contributed by atoms with E-state index in [-0.39, 0.29) is 11.7 Å². The molecule has 7 heteroatoms. The van der Waals surface area contributed by atoms with Gasteiger partial charge in [0.15, 0.2) is 11.5 Å². The topological polar surface area (TPSA) is 82.0 Å². The standard InChI is InChI=1S/C26H26N6O/c1-2-3-14-30-15-13-22(17-30)32-25-23(24(27)28-18-29-25)31(26(32)33)21-11-9-20(10-12-21)16-19-7-5-4-6-8-19/h4-12,18,22H,13-17H2,1H3,(H2,27,28,29)/t22-/m1/s1. The number of imidazole rings is 1. The molecule has 1 fully saturated rings. The highest BCUT2D eigenvalue weighted by atomic mass is 16.2. The highest BCUT2D eigenvalue weighted by Crippen LogP contribution is 2.27. The maximum atomic E-state index is 13.7. The molecule has 4 aromatic rings. The van der Waals surface area contributed by atoms with Crippen LogP contribution in [0.2, 0.25) is 0 Å². The third-order valence-corrected chi connectivity index (χ3v) is 6.22. The van der Waals surface area contributed by atoms with E-state index in [0.29, 0.717) is 23.5 Å². The lowest BCUT2D eigenvalue weighted by molar-refractivity contribution is 0.362. The van der Waals surface area contributed by atoms with Crippen molar-refractivity contribution in [1.82, 2.24) is 24.0 Å². The maximum absolute atomic E-state index is 13.7. The first-order valence-electron chi connectivity index (χ1n) is 11.1. The van der Waals surface area contributed by atoms with Gasteiger partial charge in [0.2, 0.25) is 0 Å². The van der Waals surface area contributed by atoms with Crippen LogP contribution in [0.25, 0.3) is 16.9 Å². The van der Waals surface area contributed by atoms with Gasteiger partial charge in [-0.05, 0) is 43.0 Å². The Kier molecular flexibility index (Phi) is 5.68. The first-order chi connectivity index (χ1) is 16.2. The Bertz CT molecular complexity index is 1390. The van der Waals surface area contributed by atoms with E-state index in [2.05, 4.69) is 51.0 Å². The van der Waals surface area contributed by atoms with E-state index in [1.807, 2.05) is 37.3 Å². The molecule has 33 heavy (non-hydrogen) atoms. The summed E-state index contributed by atoms with van der Waals surface area (Å²) in [5.41, 5.74) is 10.4. The molecule has 1 aliphatic rings. The van der Waals surface area contributed by atoms with Crippen LogP contribution in [0.15, 0.2) is 65.7 Å². The molecule has 2 N–H and O–H groups in total. The zero-order valence-electron chi connectivity index (χ0n) is 18.6. The summed E-state index contributed by atoms with van der Waals surface area (Å²) in [5, 5.41) is 0. The minimum atomic E-state index is -0.138. The average Bonchev–Trinajstić information content (AvgIpc) is 3.41. The summed E-state index contributed by atoms with van der Waals surface area (Å²) in [7, 11) is 0. The second-order valence-corrected chi connectivity index (χ2v) is 8.35. The molecule has 2 aromatic heterocycles. The molecule has 3 heterocycles. The van der Waals surface area contributed by atoms with Gasteiger partial charge in [0, 0.05) is 13.1 Å². The first kappa shape index (κ1) is 21.0. The quantitative estimate of drug-likeness (QED) is 0.485. The largest absolute Gasteiger partial charge is 0.382 e. The maximum Gasteiger partial charge on any atom is 0.335 e. The number of benzene rings is 2. The van der Waals surface area contributed by atoms with Gasteiger partial charge in [0.05, 0.1) is 18.3 Å². The molecule has 5 rings (SSSR count). The van der Waals surface area contributed by atoms with E-state index >= 15 is 0 Å². The minimum Gasteiger partial charge on any atom is -0.382 e. The van der Waals surface area contributed by atoms with E-state index < -0.39 is 0 Å². The molecule has 0 radical (unpaired) electrons. The molecule has 0 bridgehead atoms. The van der Waals surface area contributed by atoms with Crippen LogP contribution < -0.4 is 11.4 Å². The molecule has 0 saturated carbocycles. The Balaban J connectivity index is 1.53. The molecule has 2 aromatic carbocycles. The summed E-state index contributed by atoms with van der Waals surface area (Å²) < 4.78 is 3.43. The fourth-order valence-electron chi connectivity index (χ4n) is 4.59. The lowest BCUT2D eigenvalue weighted by Crippen LogP contribution is -2.29. The summed E-state index contributed by atoms with van der Waals surface area (Å²) in [6.45, 7) is 4.21. The van der Waals surface area contributed by atoms with Gasteiger partial charge >= 0.3 is 5.69 Å². The summed E-state index contributed by atoms with van der Waals surface area (Å²) in [6, 6.07) is 18.4. The Morgan fingerprint density at radius 3 is 2.58 bits per heavy atom. The first-order valence-corrected chi connectivity index (χ1v) is 11.1. The zero-order valence-corrected chi connectivity index (χ0v) is 18.6. The lowest BCUT2D eigenvalue weighted by Gasteiger charge is -2.13. The number of aromatic nitrogens is 4. The van der Waals surface area contributed by atoms with E-state index in [1.54, 1.807) is 9.13 Å². The van der Waals surface area contributed by atoms with Crippen LogP contribution in [0, 0.1) is 11.8 Å². The van der Waals surface area contributed by atoms with Gasteiger partial charge in [0.25, 0.3) is 0 Å². The molecule has 0 amide bonds. The summed E-state index contributed by atoms with van der Waals surface area (Å²) in [4.78, 5) is 24.6. The number of hydrogen-bond acceptors (Lipinski definition) is 5. The highest BCUT2D eigenvalue weighted by molar-refractivity contribution is 5.84. The fraction of sp³-hybridized carbons (Fsp3) is 0.269. The van der Waals surface area contributed by atoms with Crippen molar-refractivity contribution in [3.8, 4) is 17.5 Å². The fourth-order valence-corrected chi connectivity index (χ4v) is 4.59. The number of hydrogen-bond donors (Lipinski definition) is 1. The van der Waals surface area contributed by atoms with Gasteiger partial charge in [-0.1, -0.05) is 48.4 Å². The number of nitrogen functional groups attached to an aromatic ring is 1. The molecule has 1 saturated heterocycles. The van der Waals surface area contributed by atoms with Gasteiger partial charge in [-0.15, -0.1) is 5.92 Å². The van der Waals surface area contributed by atoms with Gasteiger partial charge in [-0.3, -0.25) is 14.0 Å². The van der Waals surface area contributed by atoms with Crippen molar-refractivity contribution in [2.75, 3.05) is 25.4 Å². The third kappa shape index (κ3) is 4.01. The van der Waals surface area contributed by atoms with Crippen molar-refractivity contribution in [3.63, 3.8) is 0 Å². The smallest absolute Gasteiger partial charge is 0.335 e. The van der Waals surface area contributed by atoms with E-state index in [1.165, 1.54) is 17.5 Å². The van der Waals surface area contributed by atoms with Crippen LogP contribution in [0.5, 0.6) is 0 Å². The van der Waals surface area contributed by atoms with Crippen LogP contribution in [-0.4, -0.2) is 43.6 Å². The summed E-state index contributed by atoms with van der Waals surface area (Å²) >= 11 is 0. The second kappa shape index (κ2) is 8.93.